The summed E-state index contributed by atoms with van der Waals surface area (Å²) in [5.41, 5.74) is 4.60. The Labute approximate surface area is 203 Å². The molecule has 7 atom stereocenters. The number of allylic oxidation sites excluding steroid dienone is 3. The summed E-state index contributed by atoms with van der Waals surface area (Å²) in [4.78, 5) is 4.47. The summed E-state index contributed by atoms with van der Waals surface area (Å²) in [7, 11) is 0. The van der Waals surface area contributed by atoms with Gasteiger partial charge in [0.15, 0.2) is 0 Å². The maximum absolute atomic E-state index is 10.6. The van der Waals surface area contributed by atoms with Gasteiger partial charge in [-0.2, -0.15) is 0 Å². The minimum Gasteiger partial charge on any atom is -0.393 e. The standard InChI is InChI=1S/C28H41NO3S/c1-17(7-12-25(31)27-29-18(2)16-33-27)23-10-11-24-20(6-5-13-28(23,24)4)8-9-21-14-22(30)15-26(32)19(21)3/h8-9,16-17,22-26,30-32H,3,5-7,10-15H2,1-2,4H3/b20-8+,21-9-/t17-,22-,23-,24+,25+,26+,28-/m1/s1. The summed E-state index contributed by atoms with van der Waals surface area (Å²) in [6, 6.07) is 0. The van der Waals surface area contributed by atoms with Crippen molar-refractivity contribution in [2.75, 3.05) is 0 Å². The van der Waals surface area contributed by atoms with Gasteiger partial charge >= 0.3 is 0 Å². The molecule has 0 saturated heterocycles. The van der Waals surface area contributed by atoms with Gasteiger partial charge in [0.2, 0.25) is 0 Å². The summed E-state index contributed by atoms with van der Waals surface area (Å²) < 4.78 is 0. The SMILES string of the molecule is C=C1/C(=C\C=C2/CCC[C@]3(C)[C@@H]([C@H](C)CC[C@H](O)c4nc(C)cs4)CC[C@@H]23)C[C@@H](O)C[C@@H]1O. The van der Waals surface area contributed by atoms with E-state index in [9.17, 15) is 15.3 Å². The Hall–Kier alpha value is -1.27. The number of aliphatic hydroxyl groups excluding tert-OH is 3. The van der Waals surface area contributed by atoms with Gasteiger partial charge in [0.1, 0.15) is 11.1 Å². The van der Waals surface area contributed by atoms with Crippen LogP contribution in [0.5, 0.6) is 0 Å². The number of nitrogens with zero attached hydrogens (tertiary/aromatic N) is 1. The lowest BCUT2D eigenvalue weighted by molar-refractivity contribution is 0.0823. The van der Waals surface area contributed by atoms with E-state index >= 15 is 0 Å². The minimum atomic E-state index is -0.629. The molecular weight excluding hydrogens is 430 g/mol. The van der Waals surface area contributed by atoms with Crippen molar-refractivity contribution in [1.29, 1.82) is 0 Å². The van der Waals surface area contributed by atoms with E-state index in [4.69, 9.17) is 0 Å². The molecule has 4 rings (SSSR count). The maximum Gasteiger partial charge on any atom is 0.121 e. The Morgan fingerprint density at radius 3 is 2.79 bits per heavy atom. The molecule has 0 spiro atoms. The number of hydrogen-bond donors (Lipinski definition) is 3. The Morgan fingerprint density at radius 2 is 2.06 bits per heavy atom. The lowest BCUT2D eigenvalue weighted by atomic mass is 9.60. The molecule has 5 heteroatoms. The van der Waals surface area contributed by atoms with E-state index in [-0.39, 0.29) is 0 Å². The number of thiazole rings is 1. The molecule has 0 bridgehead atoms. The Balaban J connectivity index is 1.43. The Morgan fingerprint density at radius 1 is 1.27 bits per heavy atom. The molecule has 33 heavy (non-hydrogen) atoms. The van der Waals surface area contributed by atoms with Crippen LogP contribution < -0.4 is 0 Å². The largest absolute Gasteiger partial charge is 0.393 e. The van der Waals surface area contributed by atoms with Gasteiger partial charge in [-0.25, -0.2) is 4.98 Å². The molecule has 3 saturated carbocycles. The zero-order valence-corrected chi connectivity index (χ0v) is 21.3. The van der Waals surface area contributed by atoms with E-state index in [1.165, 1.54) is 31.3 Å². The molecule has 0 aliphatic heterocycles. The van der Waals surface area contributed by atoms with Crippen LogP contribution in [-0.2, 0) is 0 Å². The van der Waals surface area contributed by atoms with Gasteiger partial charge in [0, 0.05) is 17.5 Å². The van der Waals surface area contributed by atoms with Crippen molar-refractivity contribution in [2.24, 2.45) is 23.2 Å². The van der Waals surface area contributed by atoms with Crippen molar-refractivity contribution >= 4 is 11.3 Å². The average Bonchev–Trinajstić information content (AvgIpc) is 3.36. The molecule has 0 radical (unpaired) electrons. The highest BCUT2D eigenvalue weighted by Gasteiger charge is 2.50. The second-order valence-corrected chi connectivity index (χ2v) is 12.0. The number of fused-ring (bicyclic) bond motifs is 1. The summed E-state index contributed by atoms with van der Waals surface area (Å²) in [5.74, 6) is 1.86. The van der Waals surface area contributed by atoms with Crippen molar-refractivity contribution in [3.63, 3.8) is 0 Å². The van der Waals surface area contributed by atoms with Crippen LogP contribution in [0, 0.1) is 30.1 Å². The van der Waals surface area contributed by atoms with Crippen molar-refractivity contribution in [1.82, 2.24) is 4.98 Å². The van der Waals surface area contributed by atoms with Gasteiger partial charge < -0.3 is 15.3 Å². The van der Waals surface area contributed by atoms with Gasteiger partial charge in [0.05, 0.1) is 12.2 Å². The molecule has 0 aromatic carbocycles. The molecule has 4 nitrogen and oxygen atoms in total. The van der Waals surface area contributed by atoms with Gasteiger partial charge in [-0.3, -0.25) is 0 Å². The quantitative estimate of drug-likeness (QED) is 0.473. The molecule has 3 N–H and O–H groups in total. The van der Waals surface area contributed by atoms with Gasteiger partial charge in [-0.05, 0) is 92.6 Å². The average molecular weight is 472 g/mol. The highest BCUT2D eigenvalue weighted by atomic mass is 32.1. The van der Waals surface area contributed by atoms with E-state index in [1.807, 2.05) is 12.3 Å². The zero-order valence-electron chi connectivity index (χ0n) is 20.5. The summed E-state index contributed by atoms with van der Waals surface area (Å²) in [6.45, 7) is 10.9. The first-order valence-electron chi connectivity index (χ1n) is 12.7. The highest BCUT2D eigenvalue weighted by molar-refractivity contribution is 7.09. The lowest BCUT2D eigenvalue weighted by Gasteiger charge is -2.44. The predicted molar refractivity (Wildman–Crippen MR) is 135 cm³/mol. The highest BCUT2D eigenvalue weighted by Crippen LogP contribution is 2.60. The monoisotopic (exact) mass is 471 g/mol. The molecule has 1 aromatic heterocycles. The van der Waals surface area contributed by atoms with Crippen LogP contribution in [0.4, 0.5) is 0 Å². The number of aliphatic hydroxyl groups is 3. The third-order valence-electron chi connectivity index (χ3n) is 8.81. The van der Waals surface area contributed by atoms with Crippen LogP contribution in [0.15, 0.2) is 40.8 Å². The van der Waals surface area contributed by atoms with Crippen LogP contribution >= 0.6 is 11.3 Å². The fourth-order valence-electron chi connectivity index (χ4n) is 6.95. The fraction of sp³-hybridized carbons (Fsp3) is 0.679. The first kappa shape index (κ1) is 24.8. The number of aromatic nitrogens is 1. The van der Waals surface area contributed by atoms with E-state index < -0.39 is 18.3 Å². The normalized spacial score (nSPS) is 36.8. The van der Waals surface area contributed by atoms with Crippen molar-refractivity contribution in [2.45, 2.75) is 96.9 Å². The molecule has 3 fully saturated rings. The van der Waals surface area contributed by atoms with Crippen LogP contribution in [0.3, 0.4) is 0 Å². The van der Waals surface area contributed by atoms with Crippen LogP contribution in [-0.4, -0.2) is 32.5 Å². The topological polar surface area (TPSA) is 73.6 Å². The number of hydrogen-bond acceptors (Lipinski definition) is 5. The molecule has 0 amide bonds. The van der Waals surface area contributed by atoms with E-state index in [2.05, 4.69) is 37.6 Å². The summed E-state index contributed by atoms with van der Waals surface area (Å²) >= 11 is 1.57. The first-order valence-corrected chi connectivity index (χ1v) is 13.6. The number of rotatable bonds is 6. The molecule has 3 aliphatic rings. The Bertz CT molecular complexity index is 918. The minimum absolute atomic E-state index is 0.313. The molecule has 1 heterocycles. The summed E-state index contributed by atoms with van der Waals surface area (Å²) in [5, 5.41) is 33.7. The zero-order chi connectivity index (χ0) is 23.8. The molecule has 1 aromatic rings. The van der Waals surface area contributed by atoms with Crippen molar-refractivity contribution in [3.05, 3.63) is 51.5 Å². The van der Waals surface area contributed by atoms with Crippen LogP contribution in [0.25, 0.3) is 0 Å². The second-order valence-electron chi connectivity index (χ2n) is 11.1. The maximum atomic E-state index is 10.6. The third-order valence-corrected chi connectivity index (χ3v) is 9.87. The molecule has 0 unspecified atom stereocenters. The van der Waals surface area contributed by atoms with Gasteiger partial charge in [-0.1, -0.05) is 38.2 Å². The van der Waals surface area contributed by atoms with Crippen LogP contribution in [0.1, 0.15) is 88.4 Å². The van der Waals surface area contributed by atoms with E-state index in [0.717, 1.165) is 41.1 Å². The van der Waals surface area contributed by atoms with E-state index in [0.29, 0.717) is 36.0 Å². The fourth-order valence-corrected chi connectivity index (χ4v) is 7.77. The summed E-state index contributed by atoms with van der Waals surface area (Å²) in [6.07, 6.45) is 11.8. The van der Waals surface area contributed by atoms with Gasteiger partial charge in [0.25, 0.3) is 0 Å². The number of aryl methyl sites for hydroxylation is 1. The smallest absolute Gasteiger partial charge is 0.121 e. The predicted octanol–water partition coefficient (Wildman–Crippen LogP) is 6.04. The molecular formula is C28H41NO3S. The molecule has 182 valence electrons. The van der Waals surface area contributed by atoms with Crippen molar-refractivity contribution in [3.8, 4) is 0 Å². The van der Waals surface area contributed by atoms with Crippen LogP contribution in [0.2, 0.25) is 0 Å². The van der Waals surface area contributed by atoms with E-state index in [1.54, 1.807) is 11.3 Å². The van der Waals surface area contributed by atoms with Gasteiger partial charge in [-0.15, -0.1) is 11.3 Å². The van der Waals surface area contributed by atoms with Crippen molar-refractivity contribution < 1.29 is 15.3 Å². The lowest BCUT2D eigenvalue weighted by Crippen LogP contribution is -2.36. The molecule has 3 aliphatic carbocycles. The Kier molecular flexibility index (Phi) is 7.64. The third kappa shape index (κ3) is 5.22. The first-order chi connectivity index (χ1) is 15.7. The second kappa shape index (κ2) is 10.2.